The van der Waals surface area contributed by atoms with E-state index in [9.17, 15) is 19.2 Å². The Bertz CT molecular complexity index is 1830. The van der Waals surface area contributed by atoms with Gasteiger partial charge in [-0.05, 0) is 59.6 Å². The number of hydrogen-bond acceptors (Lipinski definition) is 10. The molecule has 0 saturated carbocycles. The smallest absolute Gasteiger partial charge is 0.410 e. The Morgan fingerprint density at radius 2 is 1.63 bits per heavy atom. The molecule has 1 aromatic carbocycles. The number of piperidine rings is 2. The molecule has 2 aliphatic rings. The number of hydrogen-bond donors (Lipinski definition) is 5. The summed E-state index contributed by atoms with van der Waals surface area (Å²) < 4.78 is 15.8. The van der Waals surface area contributed by atoms with Crippen LogP contribution in [-0.4, -0.2) is 99.2 Å². The summed E-state index contributed by atoms with van der Waals surface area (Å²) in [6, 6.07) is 5.47. The molecule has 0 spiro atoms. The van der Waals surface area contributed by atoms with Crippen molar-refractivity contribution in [1.82, 2.24) is 40.3 Å². The molecule has 0 radical (unpaired) electrons. The Morgan fingerprint density at radius 3 is 2.26 bits per heavy atom. The van der Waals surface area contributed by atoms with E-state index in [2.05, 4.69) is 35.1 Å². The molecule has 2 fully saturated rings. The first kappa shape index (κ1) is 42.0. The number of nitrogens with two attached hydrogens (primary N) is 2. The second-order valence-corrected chi connectivity index (χ2v) is 14.5. The summed E-state index contributed by atoms with van der Waals surface area (Å²) in [6.45, 7) is 12.6. The number of imidazole rings is 1. The number of benzene rings is 1. The molecule has 0 bridgehead atoms. The van der Waals surface area contributed by atoms with Crippen molar-refractivity contribution in [2.24, 2.45) is 0 Å². The number of anilines is 2. The lowest BCUT2D eigenvalue weighted by molar-refractivity contribution is -0.676. The summed E-state index contributed by atoms with van der Waals surface area (Å²) in [7, 11) is 0. The molecular formula is C35H51Cl2N11O6. The maximum absolute atomic E-state index is 13.3. The lowest BCUT2D eigenvalue weighted by Crippen LogP contribution is -3.00. The van der Waals surface area contributed by atoms with Gasteiger partial charge in [-0.15, -0.1) is 0 Å². The number of aromatic nitrogens is 4. The van der Waals surface area contributed by atoms with Crippen molar-refractivity contribution in [3.63, 3.8) is 0 Å². The van der Waals surface area contributed by atoms with E-state index in [4.69, 9.17) is 32.5 Å². The van der Waals surface area contributed by atoms with Gasteiger partial charge in [0.15, 0.2) is 40.1 Å². The van der Waals surface area contributed by atoms with Gasteiger partial charge in [0.1, 0.15) is 23.9 Å². The molecular weight excluding hydrogens is 741 g/mol. The Morgan fingerprint density at radius 1 is 0.963 bits per heavy atom. The van der Waals surface area contributed by atoms with E-state index >= 15 is 0 Å². The van der Waals surface area contributed by atoms with Gasteiger partial charge < -0.3 is 59.1 Å². The van der Waals surface area contributed by atoms with E-state index in [0.717, 1.165) is 16.9 Å². The number of halogens is 2. The summed E-state index contributed by atoms with van der Waals surface area (Å²) >= 11 is 6.04. The minimum atomic E-state index is -0.569. The second kappa shape index (κ2) is 18.0. The zero-order valence-corrected chi connectivity index (χ0v) is 32.9. The molecule has 0 unspecified atom stereocenters. The van der Waals surface area contributed by atoms with Gasteiger partial charge in [0.2, 0.25) is 0 Å². The third kappa shape index (κ3) is 10.0. The van der Waals surface area contributed by atoms with E-state index in [1.54, 1.807) is 4.90 Å². The fourth-order valence-corrected chi connectivity index (χ4v) is 6.88. The van der Waals surface area contributed by atoms with E-state index in [-0.39, 0.29) is 78.2 Å². The normalized spacial score (nSPS) is 15.4. The summed E-state index contributed by atoms with van der Waals surface area (Å²) in [5.74, 6) is 0.291. The topological polar surface area (TPSA) is 216 Å². The molecule has 2 aliphatic heterocycles. The summed E-state index contributed by atoms with van der Waals surface area (Å²) in [5.41, 5.74) is 12.7. The first-order chi connectivity index (χ1) is 25.2. The Hall–Kier alpha value is -4.77. The molecule has 7 N–H and O–H groups in total. The van der Waals surface area contributed by atoms with Crippen LogP contribution in [0.15, 0.2) is 18.2 Å². The Balaban J connectivity index is 0.00000650. The van der Waals surface area contributed by atoms with Crippen molar-refractivity contribution in [3.8, 4) is 5.75 Å². The van der Waals surface area contributed by atoms with Gasteiger partial charge >= 0.3 is 12.1 Å². The Kier molecular flexibility index (Phi) is 14.0. The maximum Gasteiger partial charge on any atom is 0.410 e. The molecule has 2 saturated heterocycles. The van der Waals surface area contributed by atoms with Crippen LogP contribution < -0.4 is 49.1 Å². The first-order valence-electron chi connectivity index (χ1n) is 18.0. The van der Waals surface area contributed by atoms with Crippen molar-refractivity contribution in [1.29, 1.82) is 0 Å². The monoisotopic (exact) mass is 791 g/mol. The van der Waals surface area contributed by atoms with Crippen LogP contribution in [0.3, 0.4) is 0 Å². The fourth-order valence-electron chi connectivity index (χ4n) is 6.76. The number of nitrogens with zero attached hydrogens (tertiary/aromatic N) is 6. The van der Waals surface area contributed by atoms with Gasteiger partial charge in [0, 0.05) is 57.7 Å². The van der Waals surface area contributed by atoms with Gasteiger partial charge in [-0.1, -0.05) is 11.6 Å². The van der Waals surface area contributed by atoms with Crippen LogP contribution in [0, 0.1) is 0 Å². The van der Waals surface area contributed by atoms with Crippen LogP contribution in [-0.2, 0) is 22.6 Å². The number of carbonyl (C=O) groups is 4. The maximum atomic E-state index is 13.3. The third-order valence-corrected chi connectivity index (χ3v) is 9.53. The highest BCUT2D eigenvalue weighted by atomic mass is 35.5. The van der Waals surface area contributed by atoms with Gasteiger partial charge in [-0.3, -0.25) is 9.59 Å². The highest BCUT2D eigenvalue weighted by Crippen LogP contribution is 2.31. The second-order valence-electron chi connectivity index (χ2n) is 14.1. The zero-order chi connectivity index (χ0) is 38.4. The number of carbonyl (C=O) groups excluding carboxylic acids is 4. The average Bonchev–Trinajstić information content (AvgIpc) is 3.43. The highest BCUT2D eigenvalue weighted by Gasteiger charge is 2.34. The minimum Gasteiger partial charge on any atom is -1.00 e. The molecule has 19 heteroatoms. The fraction of sp³-hybridized carbons (Fsp3) is 0.571. The van der Waals surface area contributed by atoms with Gasteiger partial charge in [-0.25, -0.2) is 28.7 Å². The van der Waals surface area contributed by atoms with Crippen molar-refractivity contribution in [3.05, 3.63) is 34.9 Å². The molecule has 5 rings (SSSR count). The summed E-state index contributed by atoms with van der Waals surface area (Å²) in [4.78, 5) is 62.7. The first-order valence-corrected chi connectivity index (χ1v) is 18.4. The number of fused-ring (bicyclic) bond motifs is 1. The molecule has 54 heavy (non-hydrogen) atoms. The molecule has 0 aliphatic carbocycles. The number of ether oxygens (including phenoxy) is 2. The summed E-state index contributed by atoms with van der Waals surface area (Å²) in [5, 5.41) is 8.71. The Labute approximate surface area is 325 Å². The number of nitrogen functional groups attached to an aromatic ring is 2. The van der Waals surface area contributed by atoms with Crippen LogP contribution in [0.1, 0.15) is 82.7 Å². The van der Waals surface area contributed by atoms with E-state index in [0.29, 0.717) is 70.7 Å². The van der Waals surface area contributed by atoms with Crippen LogP contribution in [0.25, 0.3) is 11.0 Å². The predicted octanol–water partition coefficient (Wildman–Crippen LogP) is -0.249. The van der Waals surface area contributed by atoms with Gasteiger partial charge in [0.05, 0.1) is 6.54 Å². The van der Waals surface area contributed by atoms with Crippen LogP contribution in [0.2, 0.25) is 5.15 Å². The number of likely N-dealkylation sites (tertiary alicyclic amines) is 2. The van der Waals surface area contributed by atoms with Crippen molar-refractivity contribution >= 4 is 58.2 Å². The molecule has 5 amide bonds. The lowest BCUT2D eigenvalue weighted by atomic mass is 10.0. The highest BCUT2D eigenvalue weighted by molar-refractivity contribution is 6.31. The number of rotatable bonds is 10. The minimum absolute atomic E-state index is 0. The average molecular weight is 793 g/mol. The van der Waals surface area contributed by atoms with Gasteiger partial charge in [0.25, 0.3) is 17.6 Å². The molecule has 2 aromatic heterocycles. The molecule has 3 aromatic rings. The van der Waals surface area contributed by atoms with Crippen molar-refractivity contribution < 1.29 is 45.6 Å². The molecule has 17 nitrogen and oxygen atoms in total. The molecule has 296 valence electrons. The molecule has 0 atom stereocenters. The lowest BCUT2D eigenvalue weighted by Gasteiger charge is -2.33. The number of urea groups is 1. The van der Waals surface area contributed by atoms with E-state index in [1.165, 1.54) is 0 Å². The van der Waals surface area contributed by atoms with Crippen molar-refractivity contribution in [2.45, 2.75) is 91.1 Å². The third-order valence-electron chi connectivity index (χ3n) is 9.26. The van der Waals surface area contributed by atoms with Crippen LogP contribution >= 0.6 is 11.6 Å². The number of amides is 5. The largest absolute Gasteiger partial charge is 1.00 e. The standard InChI is InChI=1S/C35H50ClN11O6.ClH/c1-6-39-33(50)44-16-12-22(13-17-44)47-25-18-23(52-20-26(48)41-21-10-14-45(15-11-21)34(51)53-35(3,4)5)8-9-24(25)46(7-2)27(47)19-40-32(49)28-30(37)43-31(38)29(36)42-28;/h8-9,18,21-22H,6-7,10-17,19-20H2,1-5H3,(H6-,37,38,39,40,41,43,48,49,50);1H. The molecule has 4 heterocycles. The van der Waals surface area contributed by atoms with E-state index in [1.807, 2.05) is 57.7 Å². The zero-order valence-electron chi connectivity index (χ0n) is 31.4. The van der Waals surface area contributed by atoms with Gasteiger partial charge in [-0.2, -0.15) is 0 Å². The summed E-state index contributed by atoms with van der Waals surface area (Å²) in [6.07, 6.45) is 2.24. The van der Waals surface area contributed by atoms with Crippen molar-refractivity contribution in [2.75, 3.05) is 50.8 Å². The number of aryl methyl sites for hydroxylation is 1. The van der Waals surface area contributed by atoms with Crippen LogP contribution in [0.5, 0.6) is 5.75 Å². The SMILES string of the molecule is CCNC(=O)N1CCC(n2c(CNC(=O)c3nc(Cl)c(N)nc3N)[n+](CC)c3ccc(OCC(=O)NC4CCN(C(=O)OC(C)(C)C)CC4)cc32)CC1.[Cl-]. The quantitative estimate of drug-likeness (QED) is 0.170. The van der Waals surface area contributed by atoms with Crippen LogP contribution in [0.4, 0.5) is 21.2 Å². The van der Waals surface area contributed by atoms with E-state index < -0.39 is 11.5 Å². The predicted molar refractivity (Wildman–Crippen MR) is 198 cm³/mol. The number of nitrogens with one attached hydrogen (secondary N) is 3.